The van der Waals surface area contributed by atoms with Crippen LogP contribution in [0.15, 0.2) is 18.2 Å². The highest BCUT2D eigenvalue weighted by atomic mass is 16.5. The van der Waals surface area contributed by atoms with Crippen LogP contribution in [0.4, 0.5) is 0 Å². The van der Waals surface area contributed by atoms with E-state index in [2.05, 4.69) is 17.6 Å². The Morgan fingerprint density at radius 3 is 2.72 bits per heavy atom. The van der Waals surface area contributed by atoms with Crippen LogP contribution < -0.4 is 4.74 Å². The van der Waals surface area contributed by atoms with Crippen molar-refractivity contribution in [2.75, 3.05) is 6.61 Å². The third-order valence-electron chi connectivity index (χ3n) is 3.33. The Morgan fingerprint density at radius 1 is 1.39 bits per heavy atom. The molecule has 0 atom stereocenters. The van der Waals surface area contributed by atoms with Crippen molar-refractivity contribution in [3.8, 4) is 5.75 Å². The summed E-state index contributed by atoms with van der Waals surface area (Å²) in [6, 6.07) is 6.06. The molecule has 0 saturated carbocycles. The van der Waals surface area contributed by atoms with E-state index in [1.54, 1.807) is 6.92 Å². The molecule has 3 nitrogen and oxygen atoms in total. The van der Waals surface area contributed by atoms with Gasteiger partial charge in [0.1, 0.15) is 11.5 Å². The van der Waals surface area contributed by atoms with Gasteiger partial charge in [-0.15, -0.1) is 0 Å². The minimum Gasteiger partial charge on any atom is -0.494 e. The van der Waals surface area contributed by atoms with Gasteiger partial charge < -0.3 is 9.30 Å². The lowest BCUT2D eigenvalue weighted by Crippen LogP contribution is -1.99. The van der Waals surface area contributed by atoms with Gasteiger partial charge in [0.05, 0.1) is 6.61 Å². The van der Waals surface area contributed by atoms with Crippen molar-refractivity contribution >= 4 is 16.7 Å². The van der Waals surface area contributed by atoms with E-state index in [1.807, 2.05) is 26.1 Å². The average molecular weight is 245 g/mol. The lowest BCUT2D eigenvalue weighted by Gasteiger charge is -2.03. The summed E-state index contributed by atoms with van der Waals surface area (Å²) in [6.45, 7) is 6.31. The van der Waals surface area contributed by atoms with E-state index in [0.29, 0.717) is 13.0 Å². The van der Waals surface area contributed by atoms with Crippen molar-refractivity contribution in [1.29, 1.82) is 0 Å². The monoisotopic (exact) mass is 245 g/mol. The molecular weight excluding hydrogens is 226 g/mol. The number of ketones is 1. The van der Waals surface area contributed by atoms with Crippen LogP contribution in [0.2, 0.25) is 0 Å². The van der Waals surface area contributed by atoms with Gasteiger partial charge in [-0.2, -0.15) is 0 Å². The van der Waals surface area contributed by atoms with Gasteiger partial charge in [-0.05, 0) is 44.5 Å². The van der Waals surface area contributed by atoms with Crippen LogP contribution in [0.3, 0.4) is 0 Å². The molecule has 0 aliphatic heterocycles. The van der Waals surface area contributed by atoms with Crippen molar-refractivity contribution in [2.24, 2.45) is 7.05 Å². The fourth-order valence-corrected chi connectivity index (χ4v) is 2.36. The van der Waals surface area contributed by atoms with Crippen LogP contribution in [0, 0.1) is 6.92 Å². The number of carbonyl (C=O) groups is 1. The van der Waals surface area contributed by atoms with Crippen LogP contribution in [-0.2, 0) is 18.3 Å². The van der Waals surface area contributed by atoms with Crippen LogP contribution in [0.1, 0.15) is 25.1 Å². The molecule has 0 amide bonds. The molecule has 0 radical (unpaired) electrons. The molecule has 0 saturated heterocycles. The predicted molar refractivity (Wildman–Crippen MR) is 73.2 cm³/mol. The number of hydrogen-bond acceptors (Lipinski definition) is 2. The van der Waals surface area contributed by atoms with Crippen LogP contribution in [0.25, 0.3) is 10.9 Å². The van der Waals surface area contributed by atoms with Crippen LogP contribution in [0.5, 0.6) is 5.75 Å². The summed E-state index contributed by atoms with van der Waals surface area (Å²) in [6.07, 6.45) is 0.485. The summed E-state index contributed by atoms with van der Waals surface area (Å²) in [5.41, 5.74) is 3.41. The molecule has 2 rings (SSSR count). The zero-order valence-electron chi connectivity index (χ0n) is 11.4. The van der Waals surface area contributed by atoms with E-state index >= 15 is 0 Å². The number of Topliss-reactive ketones (excluding diaryl/α,β-unsaturated/α-hetero) is 1. The quantitative estimate of drug-likeness (QED) is 0.829. The molecule has 0 aliphatic rings. The third-order valence-corrected chi connectivity index (χ3v) is 3.33. The van der Waals surface area contributed by atoms with Gasteiger partial charge in [-0.1, -0.05) is 0 Å². The van der Waals surface area contributed by atoms with Crippen molar-refractivity contribution in [3.63, 3.8) is 0 Å². The number of fused-ring (bicyclic) bond motifs is 1. The van der Waals surface area contributed by atoms with E-state index < -0.39 is 0 Å². The van der Waals surface area contributed by atoms with Gasteiger partial charge in [0, 0.05) is 30.1 Å². The van der Waals surface area contributed by atoms with E-state index in [9.17, 15) is 4.79 Å². The molecule has 96 valence electrons. The first-order valence-electron chi connectivity index (χ1n) is 6.24. The first-order chi connectivity index (χ1) is 8.54. The summed E-state index contributed by atoms with van der Waals surface area (Å²) in [4.78, 5) is 11.4. The highest BCUT2D eigenvalue weighted by Crippen LogP contribution is 2.29. The Labute approximate surface area is 107 Å². The fraction of sp³-hybridized carbons (Fsp3) is 0.400. The summed E-state index contributed by atoms with van der Waals surface area (Å²) < 4.78 is 7.66. The summed E-state index contributed by atoms with van der Waals surface area (Å²) in [5, 5.41) is 1.12. The molecule has 3 heteroatoms. The Balaban J connectivity index is 2.62. The molecule has 1 heterocycles. The van der Waals surface area contributed by atoms with Crippen molar-refractivity contribution in [1.82, 2.24) is 4.57 Å². The average Bonchev–Trinajstić information content (AvgIpc) is 2.55. The zero-order valence-corrected chi connectivity index (χ0v) is 11.4. The predicted octanol–water partition coefficient (Wildman–Crippen LogP) is 3.02. The number of hydrogen-bond donors (Lipinski definition) is 0. The Kier molecular flexibility index (Phi) is 3.41. The highest BCUT2D eigenvalue weighted by Gasteiger charge is 2.13. The molecule has 1 aromatic heterocycles. The molecule has 0 fully saturated rings. The third kappa shape index (κ3) is 2.13. The molecule has 0 N–H and O–H groups in total. The fourth-order valence-electron chi connectivity index (χ4n) is 2.36. The van der Waals surface area contributed by atoms with Gasteiger partial charge in [0.2, 0.25) is 0 Å². The number of ether oxygens (including phenoxy) is 1. The molecule has 0 aliphatic carbocycles. The molecular formula is C15H19NO2. The number of benzene rings is 1. The minimum atomic E-state index is 0.187. The molecule has 2 aromatic rings. The highest BCUT2D eigenvalue weighted by molar-refractivity contribution is 5.91. The smallest absolute Gasteiger partial charge is 0.134 e. The SMILES string of the molecule is CCOc1ccc2c(c1)c(CC(C)=O)c(C)n2C. The number of nitrogens with zero attached hydrogens (tertiary/aromatic N) is 1. The Bertz CT molecular complexity index is 596. The van der Waals surface area contributed by atoms with Crippen LogP contribution in [-0.4, -0.2) is 17.0 Å². The van der Waals surface area contributed by atoms with Crippen molar-refractivity contribution in [3.05, 3.63) is 29.5 Å². The van der Waals surface area contributed by atoms with E-state index in [-0.39, 0.29) is 5.78 Å². The molecule has 1 aromatic carbocycles. The van der Waals surface area contributed by atoms with E-state index in [4.69, 9.17) is 4.74 Å². The number of aromatic nitrogens is 1. The number of carbonyl (C=O) groups excluding carboxylic acids is 1. The first kappa shape index (κ1) is 12.7. The number of aryl methyl sites for hydroxylation is 1. The second kappa shape index (κ2) is 4.84. The largest absolute Gasteiger partial charge is 0.494 e. The van der Waals surface area contributed by atoms with E-state index in [1.165, 1.54) is 0 Å². The normalized spacial score (nSPS) is 10.9. The summed E-state index contributed by atoms with van der Waals surface area (Å²) in [5.74, 6) is 1.05. The van der Waals surface area contributed by atoms with Crippen molar-refractivity contribution < 1.29 is 9.53 Å². The maximum absolute atomic E-state index is 11.4. The number of rotatable bonds is 4. The first-order valence-corrected chi connectivity index (χ1v) is 6.24. The zero-order chi connectivity index (χ0) is 13.3. The Hall–Kier alpha value is -1.77. The van der Waals surface area contributed by atoms with E-state index in [0.717, 1.165) is 27.9 Å². The lowest BCUT2D eigenvalue weighted by molar-refractivity contribution is -0.116. The maximum Gasteiger partial charge on any atom is 0.134 e. The van der Waals surface area contributed by atoms with Crippen molar-refractivity contribution in [2.45, 2.75) is 27.2 Å². The lowest BCUT2D eigenvalue weighted by atomic mass is 10.1. The van der Waals surface area contributed by atoms with Gasteiger partial charge in [0.15, 0.2) is 0 Å². The molecule has 18 heavy (non-hydrogen) atoms. The molecule has 0 bridgehead atoms. The summed E-state index contributed by atoms with van der Waals surface area (Å²) in [7, 11) is 2.03. The maximum atomic E-state index is 11.4. The van der Waals surface area contributed by atoms with Crippen LogP contribution >= 0.6 is 0 Å². The molecule has 0 unspecified atom stereocenters. The topological polar surface area (TPSA) is 31.2 Å². The minimum absolute atomic E-state index is 0.187. The second-order valence-corrected chi connectivity index (χ2v) is 4.61. The summed E-state index contributed by atoms with van der Waals surface area (Å²) >= 11 is 0. The van der Waals surface area contributed by atoms with Gasteiger partial charge in [-0.3, -0.25) is 4.79 Å². The van der Waals surface area contributed by atoms with Gasteiger partial charge in [0.25, 0.3) is 0 Å². The van der Waals surface area contributed by atoms with Gasteiger partial charge in [-0.25, -0.2) is 0 Å². The Morgan fingerprint density at radius 2 is 2.11 bits per heavy atom. The van der Waals surface area contributed by atoms with Gasteiger partial charge >= 0.3 is 0 Å². The molecule has 0 spiro atoms. The second-order valence-electron chi connectivity index (χ2n) is 4.61. The standard InChI is InChI=1S/C15H19NO2/c1-5-18-12-6-7-15-14(9-12)13(8-10(2)17)11(3)16(15)4/h6-7,9H,5,8H2,1-4H3.